The molecule has 3 aromatic rings. The predicted molar refractivity (Wildman–Crippen MR) is 129 cm³/mol. The number of terminal acetylenes is 1. The number of benzene rings is 2. The molecular weight excluding hydrogens is 533 g/mol. The molecule has 2 aromatic carbocycles. The Morgan fingerprint density at radius 2 is 1.82 bits per heavy atom. The SMILES string of the molecule is C#Cc1cc(CNC(=O)C=Cc2ccc(C(F)(F)F)nc2Oc2ccc(F)cc2)c(F)cc1NS(C)(=O)=O. The summed E-state index contributed by atoms with van der Waals surface area (Å²) in [5, 5.41) is 2.38. The van der Waals surface area contributed by atoms with E-state index >= 15 is 0 Å². The van der Waals surface area contributed by atoms with E-state index in [9.17, 15) is 35.2 Å². The number of halogens is 5. The van der Waals surface area contributed by atoms with Crippen molar-refractivity contribution in [3.63, 3.8) is 0 Å². The van der Waals surface area contributed by atoms with Crippen LogP contribution in [-0.2, 0) is 27.5 Å². The number of pyridine rings is 1. The fourth-order valence-corrected chi connectivity index (χ4v) is 3.56. The molecule has 0 unspecified atom stereocenters. The number of ether oxygens (including phenoxy) is 1. The second-order valence-corrected chi connectivity index (χ2v) is 9.45. The van der Waals surface area contributed by atoms with Gasteiger partial charge in [-0.05, 0) is 54.6 Å². The summed E-state index contributed by atoms with van der Waals surface area (Å²) >= 11 is 0. The van der Waals surface area contributed by atoms with Crippen LogP contribution in [0.3, 0.4) is 0 Å². The molecule has 1 heterocycles. The molecule has 7 nitrogen and oxygen atoms in total. The number of carbonyl (C=O) groups is 1. The molecule has 13 heteroatoms. The summed E-state index contributed by atoms with van der Waals surface area (Å²) in [6.45, 7) is -0.340. The third-order valence-electron chi connectivity index (χ3n) is 4.71. The van der Waals surface area contributed by atoms with E-state index in [1.165, 1.54) is 18.2 Å². The lowest BCUT2D eigenvalue weighted by atomic mass is 10.1. The Hall–Kier alpha value is -4.44. The Balaban J connectivity index is 1.78. The maximum atomic E-state index is 14.4. The monoisotopic (exact) mass is 551 g/mol. The van der Waals surface area contributed by atoms with Crippen LogP contribution in [-0.4, -0.2) is 25.6 Å². The summed E-state index contributed by atoms with van der Waals surface area (Å²) in [7, 11) is -3.72. The number of anilines is 1. The third kappa shape index (κ3) is 7.78. The second-order valence-electron chi connectivity index (χ2n) is 7.70. The summed E-state index contributed by atoms with van der Waals surface area (Å²) in [6.07, 6.45) is 3.55. The van der Waals surface area contributed by atoms with Gasteiger partial charge in [0.05, 0.1) is 11.9 Å². The topological polar surface area (TPSA) is 97.4 Å². The molecule has 0 saturated carbocycles. The summed E-state index contributed by atoms with van der Waals surface area (Å²) in [4.78, 5) is 15.8. The van der Waals surface area contributed by atoms with Gasteiger partial charge in [0.15, 0.2) is 0 Å². The number of carbonyl (C=O) groups excluding carboxylic acids is 1. The van der Waals surface area contributed by atoms with Crippen LogP contribution >= 0.6 is 0 Å². The zero-order valence-corrected chi connectivity index (χ0v) is 20.3. The maximum absolute atomic E-state index is 14.4. The Labute approximate surface area is 214 Å². The fraction of sp³-hybridized carbons (Fsp3) is 0.120. The highest BCUT2D eigenvalue weighted by Crippen LogP contribution is 2.32. The van der Waals surface area contributed by atoms with Crippen molar-refractivity contribution in [3.8, 4) is 24.0 Å². The van der Waals surface area contributed by atoms with Crippen molar-refractivity contribution < 1.29 is 39.9 Å². The Morgan fingerprint density at radius 1 is 1.13 bits per heavy atom. The maximum Gasteiger partial charge on any atom is 0.433 e. The second kappa shape index (κ2) is 11.3. The highest BCUT2D eigenvalue weighted by molar-refractivity contribution is 7.92. The minimum atomic E-state index is -4.77. The van der Waals surface area contributed by atoms with E-state index in [2.05, 4.69) is 20.9 Å². The van der Waals surface area contributed by atoms with Crippen LogP contribution in [0.1, 0.15) is 22.4 Å². The standard InChI is InChI=1S/C25H18F5N3O4S/c1-3-15-12-17(20(27)13-21(15)33-38(2,35)36)14-31-23(34)11-5-16-4-10-22(25(28,29)30)32-24(16)37-19-8-6-18(26)7-9-19/h1,4-13,33H,14H2,2H3,(H,31,34). The lowest BCUT2D eigenvalue weighted by Crippen LogP contribution is -2.21. The van der Waals surface area contributed by atoms with Gasteiger partial charge < -0.3 is 10.1 Å². The number of nitrogens with one attached hydrogen (secondary N) is 2. The van der Waals surface area contributed by atoms with Gasteiger partial charge in [-0.25, -0.2) is 22.2 Å². The molecule has 1 amide bonds. The molecule has 0 aliphatic heterocycles. The quantitative estimate of drug-likeness (QED) is 0.237. The van der Waals surface area contributed by atoms with Gasteiger partial charge in [-0.3, -0.25) is 9.52 Å². The number of sulfonamides is 1. The minimum absolute atomic E-state index is 0.00512. The van der Waals surface area contributed by atoms with Crippen molar-refractivity contribution in [2.24, 2.45) is 0 Å². The highest BCUT2D eigenvalue weighted by atomic mass is 32.2. The molecule has 2 N–H and O–H groups in total. The van der Waals surface area contributed by atoms with Gasteiger partial charge in [0, 0.05) is 29.3 Å². The first-order valence-electron chi connectivity index (χ1n) is 10.5. The van der Waals surface area contributed by atoms with E-state index in [0.717, 1.165) is 42.7 Å². The molecule has 0 fully saturated rings. The summed E-state index contributed by atoms with van der Waals surface area (Å²) in [5.41, 5.74) is -1.41. The normalized spacial score (nSPS) is 11.7. The van der Waals surface area contributed by atoms with E-state index in [0.29, 0.717) is 6.07 Å². The highest BCUT2D eigenvalue weighted by Gasteiger charge is 2.33. The van der Waals surface area contributed by atoms with E-state index in [1.54, 1.807) is 0 Å². The minimum Gasteiger partial charge on any atom is -0.438 e. The molecule has 0 aliphatic rings. The molecule has 0 saturated heterocycles. The van der Waals surface area contributed by atoms with Crippen LogP contribution in [0.15, 0.2) is 54.6 Å². The Kier molecular flexibility index (Phi) is 8.37. The first-order chi connectivity index (χ1) is 17.7. The van der Waals surface area contributed by atoms with Crippen molar-refractivity contribution in [1.82, 2.24) is 10.3 Å². The first kappa shape index (κ1) is 28.1. The fourth-order valence-electron chi connectivity index (χ4n) is 3.00. The van der Waals surface area contributed by atoms with Gasteiger partial charge in [0.2, 0.25) is 21.8 Å². The number of hydrogen-bond acceptors (Lipinski definition) is 5. The largest absolute Gasteiger partial charge is 0.438 e. The smallest absolute Gasteiger partial charge is 0.433 e. The van der Waals surface area contributed by atoms with Crippen LogP contribution in [0.25, 0.3) is 6.08 Å². The molecule has 3 rings (SSSR count). The van der Waals surface area contributed by atoms with Crippen LogP contribution in [0.2, 0.25) is 0 Å². The van der Waals surface area contributed by atoms with E-state index in [-0.39, 0.29) is 34.7 Å². The molecule has 0 spiro atoms. The van der Waals surface area contributed by atoms with E-state index in [1.807, 2.05) is 0 Å². The average Bonchev–Trinajstić information content (AvgIpc) is 2.82. The van der Waals surface area contributed by atoms with Crippen LogP contribution < -0.4 is 14.8 Å². The van der Waals surface area contributed by atoms with Gasteiger partial charge in [-0.15, -0.1) is 6.42 Å². The summed E-state index contributed by atoms with van der Waals surface area (Å²) < 4.78 is 97.3. The predicted octanol–water partition coefficient (Wildman–Crippen LogP) is 4.85. The van der Waals surface area contributed by atoms with Gasteiger partial charge in [-0.1, -0.05) is 5.92 Å². The summed E-state index contributed by atoms with van der Waals surface area (Å²) in [6, 6.07) is 8.24. The lowest BCUT2D eigenvalue weighted by molar-refractivity contribution is -0.141. The van der Waals surface area contributed by atoms with Crippen molar-refractivity contribution in [1.29, 1.82) is 0 Å². The van der Waals surface area contributed by atoms with Crippen LogP contribution in [0, 0.1) is 24.0 Å². The lowest BCUT2D eigenvalue weighted by Gasteiger charge is -2.12. The number of nitrogens with zero attached hydrogens (tertiary/aromatic N) is 1. The summed E-state index contributed by atoms with van der Waals surface area (Å²) in [5.74, 6) is -0.447. The van der Waals surface area contributed by atoms with Crippen molar-refractivity contribution in [3.05, 3.63) is 88.6 Å². The molecule has 38 heavy (non-hydrogen) atoms. The number of amides is 1. The number of hydrogen-bond donors (Lipinski definition) is 2. The molecule has 0 aliphatic carbocycles. The van der Waals surface area contributed by atoms with E-state index in [4.69, 9.17) is 11.2 Å². The molecule has 0 bridgehead atoms. The van der Waals surface area contributed by atoms with Crippen molar-refractivity contribution >= 4 is 27.7 Å². The zero-order chi connectivity index (χ0) is 28.1. The number of alkyl halides is 3. The average molecular weight is 551 g/mol. The van der Waals surface area contributed by atoms with Gasteiger partial charge in [0.25, 0.3) is 0 Å². The van der Waals surface area contributed by atoms with E-state index < -0.39 is 45.3 Å². The molecule has 198 valence electrons. The Morgan fingerprint density at radius 3 is 2.42 bits per heavy atom. The molecule has 1 aromatic heterocycles. The molecule has 0 radical (unpaired) electrons. The first-order valence-corrected chi connectivity index (χ1v) is 12.4. The third-order valence-corrected chi connectivity index (χ3v) is 5.30. The van der Waals surface area contributed by atoms with Crippen molar-refractivity contribution in [2.45, 2.75) is 12.7 Å². The molecular formula is C25H18F5N3O4S. The Bertz CT molecular complexity index is 1530. The van der Waals surface area contributed by atoms with Crippen LogP contribution in [0.5, 0.6) is 11.6 Å². The van der Waals surface area contributed by atoms with Gasteiger partial charge >= 0.3 is 6.18 Å². The number of rotatable bonds is 8. The number of aromatic nitrogens is 1. The molecule has 0 atom stereocenters. The zero-order valence-electron chi connectivity index (χ0n) is 19.4. The van der Waals surface area contributed by atoms with Gasteiger partial charge in [0.1, 0.15) is 23.1 Å². The van der Waals surface area contributed by atoms with Gasteiger partial charge in [-0.2, -0.15) is 13.2 Å². The van der Waals surface area contributed by atoms with Crippen LogP contribution in [0.4, 0.5) is 27.6 Å². The van der Waals surface area contributed by atoms with Crippen molar-refractivity contribution in [2.75, 3.05) is 11.0 Å².